The quantitative estimate of drug-likeness (QED) is 0.574. The molecule has 2 heterocycles. The molecule has 0 aliphatic carbocycles. The Morgan fingerprint density at radius 1 is 1.22 bits per heavy atom. The second-order valence-electron chi connectivity index (χ2n) is 4.09. The summed E-state index contributed by atoms with van der Waals surface area (Å²) in [4.78, 5) is 0. The summed E-state index contributed by atoms with van der Waals surface area (Å²) in [7, 11) is 1.99. The average Bonchev–Trinajstić information content (AvgIpc) is 2.92. The summed E-state index contributed by atoms with van der Waals surface area (Å²) in [5.41, 5.74) is 2.26. The third-order valence-electron chi connectivity index (χ3n) is 2.93. The van der Waals surface area contributed by atoms with Crippen LogP contribution in [0.3, 0.4) is 0 Å². The van der Waals surface area contributed by atoms with Crippen LogP contribution in [-0.4, -0.2) is 36.6 Å². The normalized spacial score (nSPS) is 11.7. The molecule has 0 saturated carbocycles. The van der Waals surface area contributed by atoms with Gasteiger partial charge in [0.1, 0.15) is 0 Å². The molecule has 1 aromatic carbocycles. The number of aryl methyl sites for hydroxylation is 1. The number of aromatic nitrogens is 4. The van der Waals surface area contributed by atoms with Gasteiger partial charge in [-0.25, -0.2) is 0 Å². The second kappa shape index (κ2) is 4.62. The van der Waals surface area contributed by atoms with Gasteiger partial charge in [0.15, 0.2) is 5.16 Å². The summed E-state index contributed by atoms with van der Waals surface area (Å²) in [5, 5.41) is 18.1. The molecule has 2 aromatic heterocycles. The molecule has 6 heteroatoms. The molecular formula is C12H14N4OS. The monoisotopic (exact) mass is 262 g/mol. The van der Waals surface area contributed by atoms with E-state index in [-0.39, 0.29) is 6.61 Å². The number of hydrogen-bond donors (Lipinski definition) is 1. The Hall–Kier alpha value is -1.53. The van der Waals surface area contributed by atoms with Crippen molar-refractivity contribution < 1.29 is 5.11 Å². The van der Waals surface area contributed by atoms with Crippen molar-refractivity contribution in [1.82, 2.24) is 19.2 Å². The minimum absolute atomic E-state index is 0.213. The molecule has 0 fully saturated rings. The van der Waals surface area contributed by atoms with E-state index >= 15 is 0 Å². The second-order valence-corrected chi connectivity index (χ2v) is 5.15. The van der Waals surface area contributed by atoms with Gasteiger partial charge in [0.2, 0.25) is 5.78 Å². The highest BCUT2D eigenvalue weighted by molar-refractivity contribution is 7.99. The van der Waals surface area contributed by atoms with Crippen LogP contribution in [0.2, 0.25) is 0 Å². The smallest absolute Gasteiger partial charge is 0.236 e. The summed E-state index contributed by atoms with van der Waals surface area (Å²) in [6.07, 6.45) is 0.768. The molecular weight excluding hydrogens is 248 g/mol. The standard InChI is InChI=1S/C12H14N4OS/c1-15-9-5-2-3-6-10(9)16-11(15)13-14-12(16)18-8-4-7-17/h2-3,5-6,17H,4,7-8H2,1H3. The molecule has 1 N–H and O–H groups in total. The van der Waals surface area contributed by atoms with Gasteiger partial charge in [-0.2, -0.15) is 0 Å². The van der Waals surface area contributed by atoms with Gasteiger partial charge in [0.05, 0.1) is 11.0 Å². The maximum atomic E-state index is 8.82. The summed E-state index contributed by atoms with van der Waals surface area (Å²) in [5.74, 6) is 1.70. The Balaban J connectivity index is 2.13. The zero-order chi connectivity index (χ0) is 12.5. The molecule has 0 aliphatic heterocycles. The highest BCUT2D eigenvalue weighted by Gasteiger charge is 2.14. The number of hydrogen-bond acceptors (Lipinski definition) is 4. The van der Waals surface area contributed by atoms with Crippen molar-refractivity contribution in [2.24, 2.45) is 7.05 Å². The van der Waals surface area contributed by atoms with E-state index in [1.807, 2.05) is 23.7 Å². The van der Waals surface area contributed by atoms with Gasteiger partial charge in [-0.3, -0.25) is 4.40 Å². The Morgan fingerprint density at radius 2 is 2.00 bits per heavy atom. The number of imidazole rings is 1. The molecule has 0 aliphatic rings. The lowest BCUT2D eigenvalue weighted by Gasteiger charge is -1.97. The largest absolute Gasteiger partial charge is 0.396 e. The van der Waals surface area contributed by atoms with E-state index in [0.717, 1.165) is 34.1 Å². The highest BCUT2D eigenvalue weighted by Crippen LogP contribution is 2.24. The van der Waals surface area contributed by atoms with Crippen molar-refractivity contribution in [3.8, 4) is 0 Å². The van der Waals surface area contributed by atoms with E-state index in [1.54, 1.807) is 11.8 Å². The number of aliphatic hydroxyl groups excluding tert-OH is 1. The van der Waals surface area contributed by atoms with Crippen molar-refractivity contribution in [3.05, 3.63) is 24.3 Å². The Labute approximate surface area is 108 Å². The van der Waals surface area contributed by atoms with E-state index in [1.165, 1.54) is 0 Å². The zero-order valence-electron chi connectivity index (χ0n) is 10.1. The number of benzene rings is 1. The van der Waals surface area contributed by atoms with Crippen LogP contribution in [-0.2, 0) is 7.05 Å². The third kappa shape index (κ3) is 1.69. The molecule has 18 heavy (non-hydrogen) atoms. The van der Waals surface area contributed by atoms with Crippen LogP contribution in [0.1, 0.15) is 6.42 Å². The Morgan fingerprint density at radius 3 is 2.78 bits per heavy atom. The van der Waals surface area contributed by atoms with Crippen molar-refractivity contribution in [1.29, 1.82) is 0 Å². The van der Waals surface area contributed by atoms with Crippen LogP contribution in [0.5, 0.6) is 0 Å². The summed E-state index contributed by atoms with van der Waals surface area (Å²) < 4.78 is 4.11. The van der Waals surface area contributed by atoms with Gasteiger partial charge in [-0.15, -0.1) is 10.2 Å². The first-order valence-electron chi connectivity index (χ1n) is 5.85. The third-order valence-corrected chi connectivity index (χ3v) is 3.95. The lowest BCUT2D eigenvalue weighted by atomic mass is 10.3. The van der Waals surface area contributed by atoms with Crippen molar-refractivity contribution in [3.63, 3.8) is 0 Å². The molecule has 0 radical (unpaired) electrons. The van der Waals surface area contributed by atoms with E-state index in [2.05, 4.69) is 26.7 Å². The van der Waals surface area contributed by atoms with E-state index in [0.29, 0.717) is 0 Å². The highest BCUT2D eigenvalue weighted by atomic mass is 32.2. The summed E-state index contributed by atoms with van der Waals surface area (Å²) in [6, 6.07) is 8.19. The number of thioether (sulfide) groups is 1. The van der Waals surface area contributed by atoms with E-state index in [9.17, 15) is 0 Å². The first kappa shape index (κ1) is 11.6. The number of nitrogens with zero attached hydrogens (tertiary/aromatic N) is 4. The number of rotatable bonds is 4. The molecule has 3 rings (SSSR count). The van der Waals surface area contributed by atoms with Gasteiger partial charge in [-0.1, -0.05) is 23.9 Å². The molecule has 0 saturated heterocycles. The lowest BCUT2D eigenvalue weighted by Crippen LogP contribution is -1.90. The fourth-order valence-electron chi connectivity index (χ4n) is 2.06. The summed E-state index contributed by atoms with van der Waals surface area (Å²) >= 11 is 1.63. The van der Waals surface area contributed by atoms with Crippen LogP contribution in [0.25, 0.3) is 16.8 Å². The molecule has 0 unspecified atom stereocenters. The Kier molecular flexibility index (Phi) is 2.97. The molecule has 0 amide bonds. The first-order chi connectivity index (χ1) is 8.83. The maximum absolute atomic E-state index is 8.82. The number of para-hydroxylation sites is 2. The topological polar surface area (TPSA) is 55.4 Å². The lowest BCUT2D eigenvalue weighted by molar-refractivity contribution is 0.296. The number of aliphatic hydroxyl groups is 1. The SMILES string of the molecule is Cn1c2ccccc2n2c(SCCCO)nnc12. The molecule has 0 bridgehead atoms. The molecule has 0 atom stereocenters. The number of fused-ring (bicyclic) bond motifs is 3. The van der Waals surface area contributed by atoms with Crippen molar-refractivity contribution in [2.75, 3.05) is 12.4 Å². The van der Waals surface area contributed by atoms with Crippen molar-refractivity contribution in [2.45, 2.75) is 11.6 Å². The summed E-state index contributed by atoms with van der Waals surface area (Å²) in [6.45, 7) is 0.213. The minimum atomic E-state index is 0.213. The van der Waals surface area contributed by atoms with Crippen LogP contribution in [0.4, 0.5) is 0 Å². The predicted molar refractivity (Wildman–Crippen MR) is 71.9 cm³/mol. The van der Waals surface area contributed by atoms with Crippen LogP contribution in [0.15, 0.2) is 29.4 Å². The maximum Gasteiger partial charge on any atom is 0.236 e. The van der Waals surface area contributed by atoms with Gasteiger partial charge in [-0.05, 0) is 18.6 Å². The Bertz CT molecular complexity index is 688. The molecule has 94 valence electrons. The van der Waals surface area contributed by atoms with Crippen LogP contribution < -0.4 is 0 Å². The van der Waals surface area contributed by atoms with Crippen molar-refractivity contribution >= 4 is 28.6 Å². The van der Waals surface area contributed by atoms with Gasteiger partial charge < -0.3 is 9.67 Å². The average molecular weight is 262 g/mol. The van der Waals surface area contributed by atoms with E-state index < -0.39 is 0 Å². The molecule has 5 nitrogen and oxygen atoms in total. The van der Waals surface area contributed by atoms with Crippen LogP contribution >= 0.6 is 11.8 Å². The van der Waals surface area contributed by atoms with Gasteiger partial charge in [0, 0.05) is 19.4 Å². The van der Waals surface area contributed by atoms with Gasteiger partial charge >= 0.3 is 0 Å². The molecule has 0 spiro atoms. The fourth-order valence-corrected chi connectivity index (χ4v) is 2.92. The van der Waals surface area contributed by atoms with Gasteiger partial charge in [0.25, 0.3) is 0 Å². The minimum Gasteiger partial charge on any atom is -0.396 e. The fraction of sp³-hybridized carbons (Fsp3) is 0.333. The van der Waals surface area contributed by atoms with E-state index in [4.69, 9.17) is 5.11 Å². The van der Waals surface area contributed by atoms with Crippen LogP contribution in [0, 0.1) is 0 Å². The molecule has 3 aromatic rings. The zero-order valence-corrected chi connectivity index (χ0v) is 10.9. The first-order valence-corrected chi connectivity index (χ1v) is 6.83. The predicted octanol–water partition coefficient (Wildman–Crippen LogP) is 1.70.